The van der Waals surface area contributed by atoms with E-state index in [9.17, 15) is 9.59 Å². The summed E-state index contributed by atoms with van der Waals surface area (Å²) in [6.45, 7) is 0. The number of rotatable bonds is 3. The van der Waals surface area contributed by atoms with Gasteiger partial charge in [-0.15, -0.1) is 0 Å². The van der Waals surface area contributed by atoms with Crippen molar-refractivity contribution in [3.05, 3.63) is 71.3 Å². The molecule has 1 aromatic heterocycles. The summed E-state index contributed by atoms with van der Waals surface area (Å²) < 4.78 is 0. The molecule has 0 unspecified atom stereocenters. The first kappa shape index (κ1) is 17.7. The number of para-hydroxylation sites is 2. The number of hydrogen-bond donors (Lipinski definition) is 3. The minimum Gasteiger partial charge on any atom is -0.465 e. The topological polar surface area (TPSA) is 104 Å². The molecule has 8 heteroatoms. The van der Waals surface area contributed by atoms with Crippen LogP contribution in [-0.4, -0.2) is 27.3 Å². The highest BCUT2D eigenvalue weighted by Gasteiger charge is 2.22. The van der Waals surface area contributed by atoms with Gasteiger partial charge in [-0.2, -0.15) is 4.99 Å². The molecular formula is C20H14N4O3S. The number of amidine groups is 1. The molecule has 0 fully saturated rings. The van der Waals surface area contributed by atoms with E-state index in [1.54, 1.807) is 36.5 Å². The molecule has 1 aliphatic rings. The predicted molar refractivity (Wildman–Crippen MR) is 111 cm³/mol. The molecule has 2 heterocycles. The zero-order chi connectivity index (χ0) is 19.5. The number of carboxylic acid groups (broad SMARTS) is 1. The summed E-state index contributed by atoms with van der Waals surface area (Å²) in [6.07, 6.45) is 2.34. The summed E-state index contributed by atoms with van der Waals surface area (Å²) in [6, 6.07) is 16.4. The van der Waals surface area contributed by atoms with E-state index in [-0.39, 0.29) is 5.91 Å². The number of hydrogen-bond acceptors (Lipinski definition) is 5. The smallest absolute Gasteiger partial charge is 0.409 e. The molecule has 0 saturated carbocycles. The monoisotopic (exact) mass is 390 g/mol. The van der Waals surface area contributed by atoms with Crippen LogP contribution in [0.15, 0.2) is 70.7 Å². The van der Waals surface area contributed by atoms with Crippen molar-refractivity contribution in [2.24, 2.45) is 4.99 Å². The summed E-state index contributed by atoms with van der Waals surface area (Å²) in [5, 5.41) is 15.6. The largest absolute Gasteiger partial charge is 0.465 e. The third-order valence-electron chi connectivity index (χ3n) is 3.96. The Morgan fingerprint density at radius 3 is 2.71 bits per heavy atom. The van der Waals surface area contributed by atoms with Crippen LogP contribution in [0.25, 0.3) is 17.0 Å². The highest BCUT2D eigenvalue weighted by atomic mass is 32.2. The van der Waals surface area contributed by atoms with Gasteiger partial charge in [0.25, 0.3) is 5.91 Å². The van der Waals surface area contributed by atoms with Crippen molar-refractivity contribution in [3.8, 4) is 0 Å². The van der Waals surface area contributed by atoms with Crippen molar-refractivity contribution in [1.29, 1.82) is 0 Å². The maximum atomic E-state index is 12.3. The van der Waals surface area contributed by atoms with Gasteiger partial charge in [-0.3, -0.25) is 15.1 Å². The van der Waals surface area contributed by atoms with Crippen LogP contribution in [0.2, 0.25) is 0 Å². The van der Waals surface area contributed by atoms with Crippen LogP contribution in [0, 0.1) is 0 Å². The van der Waals surface area contributed by atoms with Crippen molar-refractivity contribution in [1.82, 2.24) is 4.98 Å². The molecule has 0 bridgehead atoms. The fourth-order valence-electron chi connectivity index (χ4n) is 2.73. The van der Waals surface area contributed by atoms with Crippen LogP contribution in [0.5, 0.6) is 0 Å². The van der Waals surface area contributed by atoms with E-state index >= 15 is 0 Å². The number of nitrogens with one attached hydrogen (secondary N) is 2. The van der Waals surface area contributed by atoms with E-state index in [4.69, 9.17) is 5.11 Å². The van der Waals surface area contributed by atoms with E-state index in [0.717, 1.165) is 16.5 Å². The number of amides is 2. The van der Waals surface area contributed by atoms with E-state index < -0.39 is 6.09 Å². The summed E-state index contributed by atoms with van der Waals surface area (Å²) in [4.78, 5) is 32.0. The fraction of sp³-hybridized carbons (Fsp3) is 0. The third-order valence-corrected chi connectivity index (χ3v) is 4.85. The molecule has 2 amide bonds. The average molecular weight is 390 g/mol. The van der Waals surface area contributed by atoms with Crippen LogP contribution >= 0.6 is 11.8 Å². The lowest BCUT2D eigenvalue weighted by Gasteiger charge is -2.10. The lowest BCUT2D eigenvalue weighted by Crippen LogP contribution is -2.12. The Kier molecular flexibility index (Phi) is 4.77. The molecule has 1 aliphatic heterocycles. The number of aromatic nitrogens is 1. The molecule has 28 heavy (non-hydrogen) atoms. The van der Waals surface area contributed by atoms with Crippen molar-refractivity contribution in [3.63, 3.8) is 0 Å². The maximum Gasteiger partial charge on any atom is 0.409 e. The maximum absolute atomic E-state index is 12.3. The van der Waals surface area contributed by atoms with Crippen molar-refractivity contribution in [2.45, 2.75) is 0 Å². The second-order valence-corrected chi connectivity index (χ2v) is 6.92. The molecule has 2 aromatic carbocycles. The van der Waals surface area contributed by atoms with Crippen molar-refractivity contribution in [2.75, 3.05) is 10.6 Å². The molecule has 7 nitrogen and oxygen atoms in total. The van der Waals surface area contributed by atoms with Crippen molar-refractivity contribution >= 4 is 57.3 Å². The quantitative estimate of drug-likeness (QED) is 0.573. The van der Waals surface area contributed by atoms with Gasteiger partial charge in [-0.05, 0) is 53.7 Å². The van der Waals surface area contributed by atoms with Crippen LogP contribution in [0.4, 0.5) is 16.2 Å². The first-order valence-corrected chi connectivity index (χ1v) is 9.13. The fourth-order valence-corrected chi connectivity index (χ4v) is 3.56. The first-order chi connectivity index (χ1) is 13.6. The van der Waals surface area contributed by atoms with Crippen LogP contribution in [-0.2, 0) is 4.79 Å². The van der Waals surface area contributed by atoms with Gasteiger partial charge >= 0.3 is 6.09 Å². The Morgan fingerprint density at radius 1 is 1.07 bits per heavy atom. The van der Waals surface area contributed by atoms with Gasteiger partial charge in [-0.1, -0.05) is 24.3 Å². The number of thioether (sulfide) groups is 1. The van der Waals surface area contributed by atoms with Gasteiger partial charge < -0.3 is 10.4 Å². The highest BCUT2D eigenvalue weighted by Crippen LogP contribution is 2.31. The molecule has 0 atom stereocenters. The zero-order valence-electron chi connectivity index (χ0n) is 14.4. The Labute approximate surface area is 164 Å². The van der Waals surface area contributed by atoms with Gasteiger partial charge in [0.15, 0.2) is 5.17 Å². The predicted octanol–water partition coefficient (Wildman–Crippen LogP) is 4.41. The summed E-state index contributed by atoms with van der Waals surface area (Å²) in [7, 11) is 0. The second kappa shape index (κ2) is 7.53. The van der Waals surface area contributed by atoms with Gasteiger partial charge in [0.2, 0.25) is 0 Å². The third kappa shape index (κ3) is 3.86. The van der Waals surface area contributed by atoms with Crippen LogP contribution in [0.3, 0.4) is 0 Å². The van der Waals surface area contributed by atoms with E-state index in [0.29, 0.717) is 21.4 Å². The summed E-state index contributed by atoms with van der Waals surface area (Å²) in [5.41, 5.74) is 2.66. The average Bonchev–Trinajstić information content (AvgIpc) is 3.02. The number of anilines is 2. The van der Waals surface area contributed by atoms with Gasteiger partial charge in [0.05, 0.1) is 21.8 Å². The Morgan fingerprint density at radius 2 is 1.89 bits per heavy atom. The van der Waals surface area contributed by atoms with Gasteiger partial charge in [0, 0.05) is 11.6 Å². The number of pyridine rings is 1. The Bertz CT molecular complexity index is 1160. The normalized spacial score (nSPS) is 14.9. The molecular weight excluding hydrogens is 376 g/mol. The number of aliphatic imine (C=N–C) groups is 1. The second-order valence-electron chi connectivity index (χ2n) is 5.89. The van der Waals surface area contributed by atoms with Gasteiger partial charge in [0.1, 0.15) is 0 Å². The van der Waals surface area contributed by atoms with Crippen molar-refractivity contribution < 1.29 is 14.7 Å². The molecule has 0 saturated heterocycles. The van der Waals surface area contributed by atoms with Crippen LogP contribution < -0.4 is 10.6 Å². The summed E-state index contributed by atoms with van der Waals surface area (Å²) >= 11 is 1.20. The molecule has 0 radical (unpaired) electrons. The number of nitrogens with zero attached hydrogens (tertiary/aromatic N) is 2. The van der Waals surface area contributed by atoms with Crippen LogP contribution in [0.1, 0.15) is 5.56 Å². The lowest BCUT2D eigenvalue weighted by molar-refractivity contribution is -0.113. The molecule has 138 valence electrons. The molecule has 3 N–H and O–H groups in total. The van der Waals surface area contributed by atoms with E-state index in [1.807, 2.05) is 30.3 Å². The highest BCUT2D eigenvalue weighted by molar-refractivity contribution is 8.18. The van der Waals surface area contributed by atoms with E-state index in [2.05, 4.69) is 20.6 Å². The SMILES string of the molecule is O=C(O)Nc1ccccc1NC1=NC(=O)/C(=C/c2ccc3ncccc3c2)S1. The number of fused-ring (bicyclic) bond motifs is 1. The lowest BCUT2D eigenvalue weighted by atomic mass is 10.1. The van der Waals surface area contributed by atoms with Gasteiger partial charge in [-0.25, -0.2) is 4.79 Å². The Hall–Kier alpha value is -3.65. The number of carbonyl (C=O) groups excluding carboxylic acids is 1. The summed E-state index contributed by atoms with van der Waals surface area (Å²) in [5.74, 6) is -0.345. The molecule has 0 aliphatic carbocycles. The standard InChI is InChI=1S/C20H14N4O3S/c25-18-17(11-12-7-8-14-13(10-12)4-3-9-21-14)28-19(24-18)22-15-5-1-2-6-16(15)23-20(26)27/h1-11,23H,(H,26,27)(H,22,24,25)/b17-11-. The Balaban J connectivity index is 1.54. The first-order valence-electron chi connectivity index (χ1n) is 8.32. The minimum absolute atomic E-state index is 0.345. The molecule has 4 rings (SSSR count). The zero-order valence-corrected chi connectivity index (χ0v) is 15.2. The molecule has 0 spiro atoms. The molecule has 3 aromatic rings. The number of carbonyl (C=O) groups is 2. The van der Waals surface area contributed by atoms with E-state index in [1.165, 1.54) is 11.8 Å². The minimum atomic E-state index is -1.17. The number of benzene rings is 2.